The van der Waals surface area contributed by atoms with Crippen LogP contribution in [0.15, 0.2) is 18.2 Å². The van der Waals surface area contributed by atoms with Gasteiger partial charge in [-0.25, -0.2) is 0 Å². The molecule has 2 rings (SSSR count). The molecule has 4 heteroatoms. The highest BCUT2D eigenvalue weighted by Crippen LogP contribution is 2.23. The maximum Gasteiger partial charge on any atom is 0.0775 e. The Morgan fingerprint density at radius 1 is 1.07 bits per heavy atom. The van der Waals surface area contributed by atoms with Crippen LogP contribution in [0.5, 0.6) is 0 Å². The molecule has 0 atom stereocenters. The highest BCUT2D eigenvalue weighted by atomic mass is 35.5. The molecule has 0 radical (unpaired) electrons. The Morgan fingerprint density at radius 2 is 1.67 bits per heavy atom. The Morgan fingerprint density at radius 3 is 2.27 bits per heavy atom. The number of nitrogens with one attached hydrogen (secondary N) is 1. The van der Waals surface area contributed by atoms with Crippen LogP contribution in [0.2, 0.25) is 10.0 Å². The molecule has 1 aromatic carbocycles. The Bertz CT molecular complexity index is 315. The van der Waals surface area contributed by atoms with Crippen LogP contribution in [0, 0.1) is 0 Å². The van der Waals surface area contributed by atoms with E-state index in [0.717, 1.165) is 5.69 Å². The number of quaternary nitrogens is 1. The van der Waals surface area contributed by atoms with Crippen molar-refractivity contribution >= 4 is 28.9 Å². The van der Waals surface area contributed by atoms with E-state index >= 15 is 0 Å². The Balaban J connectivity index is 2.02. The highest BCUT2D eigenvalue weighted by molar-refractivity contribution is 6.35. The van der Waals surface area contributed by atoms with E-state index in [1.807, 2.05) is 12.1 Å². The predicted octanol–water partition coefficient (Wildman–Crippen LogP) is 2.13. The lowest BCUT2D eigenvalue weighted by Gasteiger charge is -2.22. The average Bonchev–Trinajstić information content (AvgIpc) is 2.17. The summed E-state index contributed by atoms with van der Waals surface area (Å²) in [5.41, 5.74) is 1.03. The lowest BCUT2D eigenvalue weighted by Crippen LogP contribution is -2.87. The third-order valence-corrected chi connectivity index (χ3v) is 3.11. The second-order valence-electron chi connectivity index (χ2n) is 3.94. The third kappa shape index (κ3) is 3.26. The van der Waals surface area contributed by atoms with Crippen molar-refractivity contribution in [2.45, 2.75) is 18.9 Å². The zero-order valence-corrected chi connectivity index (χ0v) is 9.98. The van der Waals surface area contributed by atoms with Crippen LogP contribution in [-0.4, -0.2) is 19.1 Å². The highest BCUT2D eigenvalue weighted by Gasteiger charge is 2.15. The van der Waals surface area contributed by atoms with Gasteiger partial charge in [-0.2, -0.15) is 0 Å². The van der Waals surface area contributed by atoms with Crippen molar-refractivity contribution in [1.29, 1.82) is 0 Å². The second-order valence-corrected chi connectivity index (χ2v) is 4.82. The van der Waals surface area contributed by atoms with Crippen LogP contribution in [-0.2, 0) is 0 Å². The van der Waals surface area contributed by atoms with Crippen LogP contribution >= 0.6 is 23.2 Å². The van der Waals surface area contributed by atoms with E-state index in [1.54, 1.807) is 6.07 Å². The van der Waals surface area contributed by atoms with Crippen molar-refractivity contribution in [2.75, 3.05) is 18.4 Å². The van der Waals surface area contributed by atoms with E-state index < -0.39 is 0 Å². The Labute approximate surface area is 100.0 Å². The molecule has 1 fully saturated rings. The minimum atomic E-state index is 0.560. The molecule has 0 amide bonds. The summed E-state index contributed by atoms with van der Waals surface area (Å²) in [7, 11) is 0. The van der Waals surface area contributed by atoms with Crippen molar-refractivity contribution in [2.24, 2.45) is 0 Å². The van der Waals surface area contributed by atoms with Crippen LogP contribution in [0.25, 0.3) is 0 Å². The van der Waals surface area contributed by atoms with Gasteiger partial charge in [-0.3, -0.25) is 0 Å². The molecule has 0 bridgehead atoms. The van der Waals surface area contributed by atoms with Crippen LogP contribution in [0.4, 0.5) is 5.69 Å². The lowest BCUT2D eigenvalue weighted by molar-refractivity contribution is -0.662. The molecule has 1 heterocycles. The average molecular weight is 246 g/mol. The number of benzene rings is 1. The fourth-order valence-corrected chi connectivity index (χ4v) is 2.47. The van der Waals surface area contributed by atoms with Crippen LogP contribution < -0.4 is 10.6 Å². The Kier molecular flexibility index (Phi) is 3.73. The van der Waals surface area contributed by atoms with Crippen molar-refractivity contribution in [1.82, 2.24) is 0 Å². The van der Waals surface area contributed by atoms with Gasteiger partial charge in [0.25, 0.3) is 0 Å². The molecule has 0 spiro atoms. The van der Waals surface area contributed by atoms with Crippen molar-refractivity contribution in [3.05, 3.63) is 28.2 Å². The SMILES string of the molecule is Clc1cc(Cl)cc(NC2CC[NH2+]CC2)c1. The van der Waals surface area contributed by atoms with Gasteiger partial charge in [0.15, 0.2) is 0 Å². The molecule has 15 heavy (non-hydrogen) atoms. The minimum Gasteiger partial charge on any atom is -0.382 e. The monoisotopic (exact) mass is 245 g/mol. The fourth-order valence-electron chi connectivity index (χ4n) is 1.94. The van der Waals surface area contributed by atoms with E-state index in [4.69, 9.17) is 23.2 Å². The van der Waals surface area contributed by atoms with E-state index in [1.165, 1.54) is 25.9 Å². The number of nitrogens with two attached hydrogens (primary N) is 1. The van der Waals surface area contributed by atoms with Gasteiger partial charge in [0.2, 0.25) is 0 Å². The summed E-state index contributed by atoms with van der Waals surface area (Å²) in [5, 5.41) is 7.20. The predicted molar refractivity (Wildman–Crippen MR) is 64.8 cm³/mol. The molecular formula is C11H15Cl2N2+. The normalized spacial score (nSPS) is 17.7. The Hall–Kier alpha value is -0.440. The van der Waals surface area contributed by atoms with Gasteiger partial charge in [0.05, 0.1) is 13.1 Å². The van der Waals surface area contributed by atoms with Gasteiger partial charge < -0.3 is 10.6 Å². The second kappa shape index (κ2) is 5.06. The molecule has 0 unspecified atom stereocenters. The number of rotatable bonds is 2. The summed E-state index contributed by atoms with van der Waals surface area (Å²) in [6, 6.07) is 6.16. The van der Waals surface area contributed by atoms with E-state index in [9.17, 15) is 0 Å². The van der Waals surface area contributed by atoms with Crippen LogP contribution in [0.3, 0.4) is 0 Å². The maximum absolute atomic E-state index is 5.94. The minimum absolute atomic E-state index is 0.560. The fraction of sp³-hybridized carbons (Fsp3) is 0.455. The standard InChI is InChI=1S/C11H14Cl2N2/c12-8-5-9(13)7-11(6-8)15-10-1-3-14-4-2-10/h5-7,10,14-15H,1-4H2/p+1. The molecule has 1 aliphatic rings. The molecular weight excluding hydrogens is 231 g/mol. The quantitative estimate of drug-likeness (QED) is 0.822. The molecule has 1 saturated heterocycles. The van der Waals surface area contributed by atoms with Gasteiger partial charge in [-0.1, -0.05) is 23.2 Å². The smallest absolute Gasteiger partial charge is 0.0775 e. The van der Waals surface area contributed by atoms with Crippen LogP contribution in [0.1, 0.15) is 12.8 Å². The van der Waals surface area contributed by atoms with Crippen molar-refractivity contribution in [3.8, 4) is 0 Å². The molecule has 0 aliphatic carbocycles. The first kappa shape index (κ1) is 11.1. The first-order valence-corrected chi connectivity index (χ1v) is 6.04. The summed E-state index contributed by atoms with van der Waals surface area (Å²) in [6.45, 7) is 2.40. The summed E-state index contributed by atoms with van der Waals surface area (Å²) >= 11 is 11.9. The maximum atomic E-state index is 5.94. The molecule has 1 aliphatic heterocycles. The van der Waals surface area contributed by atoms with Gasteiger partial charge >= 0.3 is 0 Å². The van der Waals surface area contributed by atoms with Gasteiger partial charge in [0, 0.05) is 34.6 Å². The molecule has 3 N–H and O–H groups in total. The molecule has 0 saturated carbocycles. The van der Waals surface area contributed by atoms with Gasteiger partial charge in [-0.05, 0) is 18.2 Å². The number of hydrogen-bond donors (Lipinski definition) is 2. The number of halogens is 2. The number of hydrogen-bond acceptors (Lipinski definition) is 1. The van der Waals surface area contributed by atoms with Crippen molar-refractivity contribution in [3.63, 3.8) is 0 Å². The summed E-state index contributed by atoms with van der Waals surface area (Å²) in [5.74, 6) is 0. The summed E-state index contributed by atoms with van der Waals surface area (Å²) < 4.78 is 0. The molecule has 2 nitrogen and oxygen atoms in total. The first-order valence-electron chi connectivity index (χ1n) is 5.28. The molecule has 0 aromatic heterocycles. The lowest BCUT2D eigenvalue weighted by atomic mass is 10.1. The largest absolute Gasteiger partial charge is 0.382 e. The molecule has 82 valence electrons. The van der Waals surface area contributed by atoms with Crippen molar-refractivity contribution < 1.29 is 5.32 Å². The third-order valence-electron chi connectivity index (χ3n) is 2.67. The molecule has 1 aromatic rings. The first-order chi connectivity index (χ1) is 7.24. The number of piperidine rings is 1. The zero-order chi connectivity index (χ0) is 10.7. The van der Waals surface area contributed by atoms with Gasteiger partial charge in [0.1, 0.15) is 0 Å². The van der Waals surface area contributed by atoms with E-state index in [0.29, 0.717) is 16.1 Å². The summed E-state index contributed by atoms with van der Waals surface area (Å²) in [6.07, 6.45) is 2.40. The van der Waals surface area contributed by atoms with E-state index in [2.05, 4.69) is 10.6 Å². The topological polar surface area (TPSA) is 28.6 Å². The van der Waals surface area contributed by atoms with Gasteiger partial charge in [-0.15, -0.1) is 0 Å². The zero-order valence-electron chi connectivity index (χ0n) is 8.47. The number of anilines is 1. The summed E-state index contributed by atoms with van der Waals surface area (Å²) in [4.78, 5) is 0. The van der Waals surface area contributed by atoms with E-state index in [-0.39, 0.29) is 0 Å².